The summed E-state index contributed by atoms with van der Waals surface area (Å²) in [5.74, 6) is -2.68. The van der Waals surface area contributed by atoms with Gasteiger partial charge >= 0.3 is 23.9 Å². The van der Waals surface area contributed by atoms with E-state index in [1.54, 1.807) is 6.92 Å². The molecular weight excluding hydrogens is 472 g/mol. The predicted molar refractivity (Wildman–Crippen MR) is 123 cm³/mol. The molecule has 0 radical (unpaired) electrons. The quantitative estimate of drug-likeness (QED) is 0.185. The molecule has 0 aromatic carbocycles. The molecule has 9 atom stereocenters. The van der Waals surface area contributed by atoms with Crippen molar-refractivity contribution in [3.8, 4) is 0 Å². The fraction of sp³-hybridized carbons (Fsp3) is 0.692. The van der Waals surface area contributed by atoms with Crippen molar-refractivity contribution in [3.05, 3.63) is 23.8 Å². The molecule has 0 unspecified atom stereocenters. The van der Waals surface area contributed by atoms with Crippen LogP contribution >= 0.6 is 0 Å². The van der Waals surface area contributed by atoms with Gasteiger partial charge in [0, 0.05) is 45.6 Å². The molecule has 1 aliphatic carbocycles. The van der Waals surface area contributed by atoms with Gasteiger partial charge in [-0.3, -0.25) is 14.4 Å². The van der Waals surface area contributed by atoms with Gasteiger partial charge in [-0.2, -0.15) is 0 Å². The molecule has 3 heterocycles. The van der Waals surface area contributed by atoms with E-state index in [0.29, 0.717) is 12.8 Å². The number of hydrogen-bond acceptors (Lipinski definition) is 10. The van der Waals surface area contributed by atoms with Crippen molar-refractivity contribution in [2.75, 3.05) is 0 Å². The molecule has 0 saturated carbocycles. The topological polar surface area (TPSA) is 130 Å². The zero-order valence-corrected chi connectivity index (χ0v) is 21.5. The lowest BCUT2D eigenvalue weighted by Crippen LogP contribution is -2.43. The molecule has 3 aliphatic heterocycles. The van der Waals surface area contributed by atoms with Gasteiger partial charge in [-0.25, -0.2) is 4.79 Å². The molecule has 0 N–H and O–H groups in total. The molecule has 0 aromatic rings. The molecule has 0 amide bonds. The first-order valence-corrected chi connectivity index (χ1v) is 12.2. The van der Waals surface area contributed by atoms with Gasteiger partial charge in [0.2, 0.25) is 0 Å². The molecule has 0 aromatic heterocycles. The Labute approximate surface area is 210 Å². The minimum Gasteiger partial charge on any atom is -0.462 e. The molecule has 3 saturated heterocycles. The third-order valence-electron chi connectivity index (χ3n) is 7.65. The highest BCUT2D eigenvalue weighted by Crippen LogP contribution is 2.53. The first kappa shape index (κ1) is 26.3. The van der Waals surface area contributed by atoms with Gasteiger partial charge < -0.3 is 28.4 Å². The monoisotopic (exact) mass is 506 g/mol. The normalized spacial score (nSPS) is 43.3. The highest BCUT2D eigenvalue weighted by atomic mass is 16.7. The zero-order valence-electron chi connectivity index (χ0n) is 21.5. The number of rotatable bonds is 3. The van der Waals surface area contributed by atoms with Crippen molar-refractivity contribution in [1.29, 1.82) is 0 Å². The average Bonchev–Trinajstić information content (AvgIpc) is 3.58. The fourth-order valence-electron chi connectivity index (χ4n) is 5.55. The van der Waals surface area contributed by atoms with Crippen molar-refractivity contribution < 1.29 is 47.6 Å². The van der Waals surface area contributed by atoms with Gasteiger partial charge in [0.25, 0.3) is 0 Å². The van der Waals surface area contributed by atoms with Crippen molar-refractivity contribution in [2.45, 2.75) is 109 Å². The van der Waals surface area contributed by atoms with Crippen LogP contribution in [0.3, 0.4) is 0 Å². The number of carbonyl (C=O) groups excluding carboxylic acids is 4. The second-order valence-electron chi connectivity index (χ2n) is 10.5. The Balaban J connectivity index is 1.74. The molecule has 36 heavy (non-hydrogen) atoms. The number of carbonyl (C=O) groups is 4. The summed E-state index contributed by atoms with van der Waals surface area (Å²) in [5, 5.41) is 0. The largest absolute Gasteiger partial charge is 0.462 e. The summed E-state index contributed by atoms with van der Waals surface area (Å²) in [6.45, 7) is 13.4. The molecule has 4 aliphatic rings. The van der Waals surface area contributed by atoms with Crippen LogP contribution in [0.4, 0.5) is 0 Å². The summed E-state index contributed by atoms with van der Waals surface area (Å²) < 4.78 is 34.7. The number of ether oxygens (including phenoxy) is 6. The van der Waals surface area contributed by atoms with Crippen LogP contribution in [0.1, 0.15) is 60.8 Å². The third-order valence-corrected chi connectivity index (χ3v) is 7.65. The molecule has 198 valence electrons. The van der Waals surface area contributed by atoms with E-state index in [9.17, 15) is 19.2 Å². The van der Waals surface area contributed by atoms with Gasteiger partial charge in [-0.1, -0.05) is 12.7 Å². The SMILES string of the molecule is C=C1C(=O)O[C@H]2[C@H]1[C@H](OC(C)=O)C[C@]1(C)O[C@@H]1C[C@H](OC(C)=O)/C(C)=C/C[C@@H](OC(C)=O)[C@]1(C)O[C@@H]21. The Morgan fingerprint density at radius 1 is 1.03 bits per heavy atom. The lowest BCUT2D eigenvalue weighted by atomic mass is 9.80. The van der Waals surface area contributed by atoms with E-state index >= 15 is 0 Å². The minimum absolute atomic E-state index is 0.189. The van der Waals surface area contributed by atoms with Crippen molar-refractivity contribution in [3.63, 3.8) is 0 Å². The van der Waals surface area contributed by atoms with E-state index in [2.05, 4.69) is 6.58 Å². The van der Waals surface area contributed by atoms with Gasteiger partial charge in [0.1, 0.15) is 36.1 Å². The Kier molecular flexibility index (Phi) is 6.81. The standard InChI is InChI=1S/C26H34O10/c1-12-8-9-19(33-16(5)29)26(7)23(36-26)22-21(13(2)24(30)34-22)18(32-15(4)28)11-25(6)20(35-25)10-17(12)31-14(3)27/h8,17-23H,2,9-11H2,1,3-7H3/b12-8+/t17-,18+,19+,20+,21+,22-,23-,25-,26-/m0/s1. The predicted octanol–water partition coefficient (Wildman–Crippen LogP) is 2.32. The van der Waals surface area contributed by atoms with Crippen LogP contribution < -0.4 is 0 Å². The summed E-state index contributed by atoms with van der Waals surface area (Å²) in [4.78, 5) is 48.4. The highest BCUT2D eigenvalue weighted by Gasteiger charge is 2.68. The Morgan fingerprint density at radius 2 is 1.67 bits per heavy atom. The second kappa shape index (κ2) is 9.30. The van der Waals surface area contributed by atoms with Crippen LogP contribution in [0, 0.1) is 5.92 Å². The van der Waals surface area contributed by atoms with Crippen LogP contribution in [0.5, 0.6) is 0 Å². The van der Waals surface area contributed by atoms with E-state index in [4.69, 9.17) is 28.4 Å². The molecule has 10 nitrogen and oxygen atoms in total. The number of epoxide rings is 2. The lowest BCUT2D eigenvalue weighted by molar-refractivity contribution is -0.152. The molecule has 10 heteroatoms. The molecular formula is C26H34O10. The Bertz CT molecular complexity index is 1020. The summed E-state index contributed by atoms with van der Waals surface area (Å²) in [7, 11) is 0. The minimum atomic E-state index is -0.958. The van der Waals surface area contributed by atoms with E-state index in [1.807, 2.05) is 19.9 Å². The van der Waals surface area contributed by atoms with Gasteiger partial charge in [-0.15, -0.1) is 0 Å². The van der Waals surface area contributed by atoms with E-state index < -0.39 is 71.5 Å². The van der Waals surface area contributed by atoms with E-state index in [-0.39, 0.29) is 18.1 Å². The first-order valence-electron chi connectivity index (χ1n) is 12.2. The summed E-state index contributed by atoms with van der Waals surface area (Å²) >= 11 is 0. The van der Waals surface area contributed by atoms with Crippen molar-refractivity contribution in [1.82, 2.24) is 0 Å². The average molecular weight is 507 g/mol. The number of hydrogen-bond donors (Lipinski definition) is 0. The maximum atomic E-state index is 12.6. The Morgan fingerprint density at radius 3 is 2.28 bits per heavy atom. The molecule has 3 fully saturated rings. The summed E-state index contributed by atoms with van der Waals surface area (Å²) in [5.41, 5.74) is -0.656. The third kappa shape index (κ3) is 5.06. The molecule has 0 spiro atoms. The Hall–Kier alpha value is -2.72. The molecule has 4 rings (SSSR count). The zero-order chi connectivity index (χ0) is 26.6. The van der Waals surface area contributed by atoms with Crippen molar-refractivity contribution >= 4 is 23.9 Å². The number of fused-ring (bicyclic) bond motifs is 4. The van der Waals surface area contributed by atoms with Crippen LogP contribution in [0.2, 0.25) is 0 Å². The number of esters is 4. The van der Waals surface area contributed by atoms with Crippen LogP contribution in [-0.4, -0.2) is 71.7 Å². The maximum Gasteiger partial charge on any atom is 0.334 e. The summed E-state index contributed by atoms with van der Waals surface area (Å²) in [6.07, 6.45) is -0.850. The van der Waals surface area contributed by atoms with Crippen LogP contribution in [0.25, 0.3) is 0 Å². The first-order chi connectivity index (χ1) is 16.7. The van der Waals surface area contributed by atoms with E-state index in [1.165, 1.54) is 20.8 Å². The highest BCUT2D eigenvalue weighted by molar-refractivity contribution is 5.91. The van der Waals surface area contributed by atoms with Gasteiger partial charge in [-0.05, 0) is 26.3 Å². The molecule has 0 bridgehead atoms. The fourth-order valence-corrected chi connectivity index (χ4v) is 5.55. The van der Waals surface area contributed by atoms with E-state index in [0.717, 1.165) is 5.57 Å². The second-order valence-corrected chi connectivity index (χ2v) is 10.5. The lowest BCUT2D eigenvalue weighted by Gasteiger charge is -2.29. The van der Waals surface area contributed by atoms with Crippen molar-refractivity contribution in [2.24, 2.45) is 5.92 Å². The maximum absolute atomic E-state index is 12.6. The van der Waals surface area contributed by atoms with Gasteiger partial charge in [0.05, 0.1) is 17.6 Å². The smallest absolute Gasteiger partial charge is 0.334 e. The van der Waals surface area contributed by atoms with Crippen LogP contribution in [0.15, 0.2) is 23.8 Å². The van der Waals surface area contributed by atoms with Gasteiger partial charge in [0.15, 0.2) is 0 Å². The van der Waals surface area contributed by atoms with Crippen LogP contribution in [-0.2, 0) is 47.6 Å². The summed E-state index contributed by atoms with van der Waals surface area (Å²) in [6, 6.07) is 0.